The van der Waals surface area contributed by atoms with Crippen LogP contribution in [-0.2, 0) is 13.1 Å². The molecule has 8 rings (SSSR count). The van der Waals surface area contributed by atoms with Crippen LogP contribution in [-0.4, -0.2) is 61.0 Å². The van der Waals surface area contributed by atoms with Gasteiger partial charge in [0.1, 0.15) is 5.39 Å². The van der Waals surface area contributed by atoms with E-state index in [0.717, 1.165) is 18.8 Å². The molecule has 3 saturated heterocycles. The van der Waals surface area contributed by atoms with Crippen LogP contribution < -0.4 is 21.5 Å². The van der Waals surface area contributed by atoms with Gasteiger partial charge >= 0.3 is 5.76 Å². The van der Waals surface area contributed by atoms with Gasteiger partial charge in [-0.05, 0) is 62.9 Å². The van der Waals surface area contributed by atoms with Gasteiger partial charge in [-0.3, -0.25) is 14.3 Å². The summed E-state index contributed by atoms with van der Waals surface area (Å²) in [5, 5.41) is 3.67. The molecule has 0 aliphatic carbocycles. The maximum Gasteiger partial charge on any atom is 0.419 e. The number of fused-ring (bicyclic) bond motifs is 4. The molecule has 204 valence electrons. The second-order valence-electron chi connectivity index (χ2n) is 10.5. The Morgan fingerprint density at radius 1 is 1.10 bits per heavy atom. The molecular formula is C29H30N8O3. The number of anilines is 3. The number of allylic oxidation sites excluding steroid dienone is 1. The molecule has 11 nitrogen and oxygen atoms in total. The lowest BCUT2D eigenvalue weighted by atomic mass is 9.88. The fraction of sp³-hybridized carbons (Fsp3) is 0.310. The lowest BCUT2D eigenvalue weighted by Crippen LogP contribution is -2.67. The summed E-state index contributed by atoms with van der Waals surface area (Å²) in [4.78, 5) is 39.7. The number of aryl methyl sites for hydroxylation is 1. The number of benzene rings is 2. The van der Waals surface area contributed by atoms with E-state index in [1.54, 1.807) is 38.3 Å². The SMILES string of the molecule is C=CCn1c(=O)c2cnc(Nc3ccc(N4CC5CC(C4)N5C)cc3)nc2n1-c1ccc2oc(=O)n(CC)c2c1. The molecule has 0 radical (unpaired) electrons. The largest absolute Gasteiger partial charge is 0.419 e. The molecule has 3 aromatic heterocycles. The number of hydrogen-bond donors (Lipinski definition) is 1. The van der Waals surface area contributed by atoms with E-state index < -0.39 is 5.76 Å². The zero-order chi connectivity index (χ0) is 27.5. The minimum absolute atomic E-state index is 0.226. The van der Waals surface area contributed by atoms with E-state index in [4.69, 9.17) is 9.40 Å². The van der Waals surface area contributed by atoms with Gasteiger partial charge < -0.3 is 14.6 Å². The van der Waals surface area contributed by atoms with Crippen molar-refractivity contribution in [1.82, 2.24) is 28.8 Å². The van der Waals surface area contributed by atoms with Crippen LogP contribution >= 0.6 is 0 Å². The van der Waals surface area contributed by atoms with Gasteiger partial charge in [-0.2, -0.15) is 4.98 Å². The van der Waals surface area contributed by atoms with E-state index in [9.17, 15) is 9.59 Å². The zero-order valence-corrected chi connectivity index (χ0v) is 22.4. The lowest BCUT2D eigenvalue weighted by molar-refractivity contribution is 0.0264. The van der Waals surface area contributed by atoms with Crippen LogP contribution in [0.4, 0.5) is 17.3 Å². The predicted molar refractivity (Wildman–Crippen MR) is 155 cm³/mol. The van der Waals surface area contributed by atoms with E-state index in [-0.39, 0.29) is 12.1 Å². The normalized spacial score (nSPS) is 18.8. The van der Waals surface area contributed by atoms with Gasteiger partial charge in [-0.25, -0.2) is 19.1 Å². The van der Waals surface area contributed by atoms with Crippen LogP contribution in [0, 0.1) is 0 Å². The van der Waals surface area contributed by atoms with Gasteiger partial charge in [-0.15, -0.1) is 6.58 Å². The molecule has 40 heavy (non-hydrogen) atoms. The zero-order valence-electron chi connectivity index (χ0n) is 22.4. The van der Waals surface area contributed by atoms with Crippen LogP contribution in [0.2, 0.25) is 0 Å². The van der Waals surface area contributed by atoms with Crippen LogP contribution in [0.25, 0.3) is 27.8 Å². The number of oxazole rings is 1. The van der Waals surface area contributed by atoms with Gasteiger partial charge in [-0.1, -0.05) is 6.08 Å². The molecular weight excluding hydrogens is 508 g/mol. The molecule has 2 aromatic carbocycles. The Morgan fingerprint density at radius 3 is 2.55 bits per heavy atom. The summed E-state index contributed by atoms with van der Waals surface area (Å²) in [6, 6.07) is 15.0. The summed E-state index contributed by atoms with van der Waals surface area (Å²) in [7, 11) is 2.21. The van der Waals surface area contributed by atoms with Crippen molar-refractivity contribution in [3.05, 3.63) is 82.2 Å². The van der Waals surface area contributed by atoms with Gasteiger partial charge in [0.2, 0.25) is 5.95 Å². The summed E-state index contributed by atoms with van der Waals surface area (Å²) in [5.74, 6) is -0.0415. The summed E-state index contributed by atoms with van der Waals surface area (Å²) in [6.45, 7) is 8.55. The number of nitrogens with zero attached hydrogens (tertiary/aromatic N) is 7. The summed E-state index contributed by atoms with van der Waals surface area (Å²) < 4.78 is 10.2. The number of nitrogens with one attached hydrogen (secondary N) is 1. The van der Waals surface area contributed by atoms with Crippen molar-refractivity contribution >= 4 is 39.5 Å². The average molecular weight is 539 g/mol. The molecule has 2 unspecified atom stereocenters. The van der Waals surface area contributed by atoms with Gasteiger partial charge in [0.15, 0.2) is 11.2 Å². The van der Waals surface area contributed by atoms with E-state index >= 15 is 0 Å². The maximum atomic E-state index is 13.3. The highest BCUT2D eigenvalue weighted by Crippen LogP contribution is 2.33. The molecule has 0 amide bonds. The Labute approximate surface area is 229 Å². The number of likely N-dealkylation sites (N-methyl/N-ethyl adjacent to an activating group) is 1. The van der Waals surface area contributed by atoms with E-state index in [0.29, 0.717) is 52.4 Å². The summed E-state index contributed by atoms with van der Waals surface area (Å²) in [5.41, 5.74) is 4.09. The maximum absolute atomic E-state index is 13.3. The third-order valence-electron chi connectivity index (χ3n) is 8.24. The standard InChI is InChI=1S/C29H30N8O3/c1-4-12-36-27(38)23-15-30-28(31-18-6-8-19(9-7-18)34-16-21-13-22(17-34)33(21)3)32-26(23)37(36)20-10-11-25-24(14-20)35(5-2)29(39)40-25/h4,6-11,14-15,21-22H,1,5,12-13,16-17H2,2-3H3,(H,30,31,32). The second kappa shape index (κ2) is 9.23. The highest BCUT2D eigenvalue weighted by molar-refractivity contribution is 5.80. The molecule has 3 aliphatic heterocycles. The van der Waals surface area contributed by atoms with E-state index in [1.807, 2.05) is 25.1 Å². The van der Waals surface area contributed by atoms with Crippen LogP contribution in [0.15, 0.2) is 75.3 Å². The van der Waals surface area contributed by atoms with Crippen molar-refractivity contribution in [2.45, 2.75) is 38.5 Å². The number of aromatic nitrogens is 5. The Balaban J connectivity index is 1.24. The Hall–Kier alpha value is -4.64. The monoisotopic (exact) mass is 538 g/mol. The first kappa shape index (κ1) is 24.4. The molecule has 0 saturated carbocycles. The smallest absolute Gasteiger partial charge is 0.408 e. The van der Waals surface area contributed by atoms with E-state index in [2.05, 4.69) is 45.9 Å². The lowest BCUT2D eigenvalue weighted by Gasteiger charge is -2.55. The van der Waals surface area contributed by atoms with Crippen molar-refractivity contribution in [2.75, 3.05) is 30.4 Å². The van der Waals surface area contributed by atoms with Crippen LogP contribution in [0.5, 0.6) is 0 Å². The molecule has 2 bridgehead atoms. The predicted octanol–water partition coefficient (Wildman–Crippen LogP) is 3.33. The van der Waals surface area contributed by atoms with Gasteiger partial charge in [0.05, 0.1) is 17.7 Å². The van der Waals surface area contributed by atoms with Crippen LogP contribution in [0.1, 0.15) is 13.3 Å². The van der Waals surface area contributed by atoms with Crippen molar-refractivity contribution in [3.63, 3.8) is 0 Å². The first-order valence-corrected chi connectivity index (χ1v) is 13.5. The number of rotatable bonds is 7. The highest BCUT2D eigenvalue weighted by Gasteiger charge is 2.42. The van der Waals surface area contributed by atoms with Crippen molar-refractivity contribution < 1.29 is 4.42 Å². The van der Waals surface area contributed by atoms with Gasteiger partial charge in [0, 0.05) is 49.3 Å². The molecule has 2 atom stereocenters. The summed E-state index contributed by atoms with van der Waals surface area (Å²) >= 11 is 0. The quantitative estimate of drug-likeness (QED) is 0.315. The minimum atomic E-state index is -0.417. The third-order valence-corrected chi connectivity index (χ3v) is 8.24. The first-order valence-electron chi connectivity index (χ1n) is 13.5. The Kier molecular flexibility index (Phi) is 5.63. The van der Waals surface area contributed by atoms with Crippen molar-refractivity contribution in [3.8, 4) is 5.69 Å². The fourth-order valence-corrected chi connectivity index (χ4v) is 6.01. The third kappa shape index (κ3) is 3.76. The average Bonchev–Trinajstić information content (AvgIpc) is 3.44. The molecule has 6 heterocycles. The number of piperidine rings is 1. The Morgan fingerprint density at radius 2 is 1.85 bits per heavy atom. The molecule has 3 aliphatic rings. The first-order chi connectivity index (χ1) is 19.4. The molecule has 5 aromatic rings. The fourth-order valence-electron chi connectivity index (χ4n) is 6.01. The Bertz CT molecular complexity index is 1870. The van der Waals surface area contributed by atoms with Crippen molar-refractivity contribution in [1.29, 1.82) is 0 Å². The van der Waals surface area contributed by atoms with Gasteiger partial charge in [0.25, 0.3) is 5.56 Å². The minimum Gasteiger partial charge on any atom is -0.408 e. The number of hydrogen-bond acceptors (Lipinski definition) is 8. The summed E-state index contributed by atoms with van der Waals surface area (Å²) in [6.07, 6.45) is 4.50. The van der Waals surface area contributed by atoms with Crippen LogP contribution in [0.3, 0.4) is 0 Å². The van der Waals surface area contributed by atoms with E-state index in [1.165, 1.54) is 12.1 Å². The molecule has 11 heteroatoms. The second-order valence-corrected chi connectivity index (χ2v) is 10.5. The molecule has 0 spiro atoms. The topological polar surface area (TPSA) is 106 Å². The molecule has 1 N–H and O–H groups in total. The highest BCUT2D eigenvalue weighted by atomic mass is 16.4. The number of piperazine rings is 1. The molecule has 3 fully saturated rings. The van der Waals surface area contributed by atoms with Crippen molar-refractivity contribution in [2.24, 2.45) is 0 Å².